The van der Waals surface area contributed by atoms with E-state index in [2.05, 4.69) is 50.4 Å². The molecule has 0 saturated heterocycles. The third-order valence-electron chi connectivity index (χ3n) is 2.92. The molecule has 1 N–H and O–H groups in total. The number of hydrogen-bond acceptors (Lipinski definition) is 3. The predicted molar refractivity (Wildman–Crippen MR) is 73.4 cm³/mol. The summed E-state index contributed by atoms with van der Waals surface area (Å²) in [6.07, 6.45) is 1.10. The molecule has 1 aromatic rings. The van der Waals surface area contributed by atoms with Gasteiger partial charge in [-0.15, -0.1) is 0 Å². The normalized spacial score (nSPS) is 24.3. The van der Waals surface area contributed by atoms with E-state index in [1.807, 2.05) is 11.8 Å². The van der Waals surface area contributed by atoms with Gasteiger partial charge in [0, 0.05) is 11.4 Å². The molecule has 2 rings (SSSR count). The number of anilines is 1. The van der Waals surface area contributed by atoms with E-state index in [0.717, 1.165) is 23.0 Å². The monoisotopic (exact) mass is 234 g/mol. The number of hydrogen-bond donors (Lipinski definition) is 1. The van der Waals surface area contributed by atoms with Gasteiger partial charge in [-0.05, 0) is 38.0 Å². The summed E-state index contributed by atoms with van der Waals surface area (Å²) in [5.74, 6) is 1.08. The fourth-order valence-electron chi connectivity index (χ4n) is 1.62. The van der Waals surface area contributed by atoms with Crippen LogP contribution in [0.4, 0.5) is 5.69 Å². The molecule has 1 aliphatic heterocycles. The molecule has 86 valence electrons. The maximum atomic E-state index is 4.73. The Morgan fingerprint density at radius 2 is 2.31 bits per heavy atom. The molecule has 0 amide bonds. The van der Waals surface area contributed by atoms with Crippen LogP contribution in [-0.4, -0.2) is 16.5 Å². The minimum atomic E-state index is 0.122. The summed E-state index contributed by atoms with van der Waals surface area (Å²) in [5, 5.41) is 4.44. The van der Waals surface area contributed by atoms with Crippen LogP contribution in [0.25, 0.3) is 0 Å². The second kappa shape index (κ2) is 4.50. The lowest BCUT2D eigenvalue weighted by atomic mass is 10.0. The summed E-state index contributed by atoms with van der Waals surface area (Å²) in [7, 11) is 0. The highest BCUT2D eigenvalue weighted by Crippen LogP contribution is 2.30. The summed E-state index contributed by atoms with van der Waals surface area (Å²) in [6, 6.07) is 8.39. The Hall–Kier alpha value is -0.960. The highest BCUT2D eigenvalue weighted by molar-refractivity contribution is 8.14. The van der Waals surface area contributed by atoms with Crippen LogP contribution in [-0.2, 0) is 0 Å². The fourth-order valence-corrected chi connectivity index (χ4v) is 2.82. The summed E-state index contributed by atoms with van der Waals surface area (Å²) >= 11 is 1.81. The molecular formula is C13H18N2S. The van der Waals surface area contributed by atoms with Crippen LogP contribution < -0.4 is 5.32 Å². The largest absolute Gasteiger partial charge is 0.335 e. The van der Waals surface area contributed by atoms with Crippen molar-refractivity contribution in [1.29, 1.82) is 0 Å². The second-order valence-electron chi connectivity index (χ2n) is 4.55. The molecule has 1 aromatic carbocycles. The van der Waals surface area contributed by atoms with E-state index in [1.54, 1.807) is 0 Å². The Bertz CT molecular complexity index is 414. The van der Waals surface area contributed by atoms with E-state index in [-0.39, 0.29) is 5.54 Å². The highest BCUT2D eigenvalue weighted by Gasteiger charge is 2.28. The molecule has 0 radical (unpaired) electrons. The van der Waals surface area contributed by atoms with Gasteiger partial charge in [0.25, 0.3) is 0 Å². The van der Waals surface area contributed by atoms with Gasteiger partial charge in [-0.25, -0.2) is 0 Å². The van der Waals surface area contributed by atoms with Crippen molar-refractivity contribution in [2.24, 2.45) is 4.99 Å². The summed E-state index contributed by atoms with van der Waals surface area (Å²) in [4.78, 5) is 4.73. The van der Waals surface area contributed by atoms with E-state index in [0.29, 0.717) is 0 Å². The standard InChI is InChI=1S/C13H18N2S/c1-4-13(3)9-16-12(15-13)14-11-7-5-6-10(2)8-11/h5-8H,4,9H2,1-3H3,(H,14,15). The molecule has 0 saturated carbocycles. The van der Waals surface area contributed by atoms with Gasteiger partial charge in [0.05, 0.1) is 5.54 Å². The molecule has 1 unspecified atom stereocenters. The van der Waals surface area contributed by atoms with Gasteiger partial charge in [-0.2, -0.15) is 0 Å². The number of thioether (sulfide) groups is 1. The minimum Gasteiger partial charge on any atom is -0.335 e. The van der Waals surface area contributed by atoms with E-state index in [1.165, 1.54) is 5.56 Å². The maximum absolute atomic E-state index is 4.73. The quantitative estimate of drug-likeness (QED) is 0.844. The summed E-state index contributed by atoms with van der Waals surface area (Å²) in [6.45, 7) is 6.51. The Morgan fingerprint density at radius 3 is 2.94 bits per heavy atom. The van der Waals surface area contributed by atoms with Crippen LogP contribution in [0.15, 0.2) is 29.3 Å². The molecule has 2 nitrogen and oxygen atoms in total. The fraction of sp³-hybridized carbons (Fsp3) is 0.462. The maximum Gasteiger partial charge on any atom is 0.161 e. The van der Waals surface area contributed by atoms with Crippen molar-refractivity contribution in [1.82, 2.24) is 0 Å². The van der Waals surface area contributed by atoms with E-state index < -0.39 is 0 Å². The molecule has 1 heterocycles. The van der Waals surface area contributed by atoms with Gasteiger partial charge >= 0.3 is 0 Å². The lowest BCUT2D eigenvalue weighted by Gasteiger charge is -2.15. The van der Waals surface area contributed by atoms with Crippen LogP contribution in [0, 0.1) is 6.92 Å². The topological polar surface area (TPSA) is 24.4 Å². The van der Waals surface area contributed by atoms with E-state index in [4.69, 9.17) is 4.99 Å². The van der Waals surface area contributed by atoms with E-state index >= 15 is 0 Å². The van der Waals surface area contributed by atoms with Crippen molar-refractivity contribution in [3.63, 3.8) is 0 Å². The Labute approximate surface area is 102 Å². The molecular weight excluding hydrogens is 216 g/mol. The molecule has 0 aromatic heterocycles. The first-order chi connectivity index (χ1) is 7.61. The number of benzene rings is 1. The average Bonchev–Trinajstić information content (AvgIpc) is 2.61. The van der Waals surface area contributed by atoms with Crippen LogP contribution >= 0.6 is 11.8 Å². The summed E-state index contributed by atoms with van der Waals surface area (Å²) in [5.41, 5.74) is 2.52. The zero-order valence-corrected chi connectivity index (χ0v) is 10.9. The predicted octanol–water partition coefficient (Wildman–Crippen LogP) is 3.68. The third kappa shape index (κ3) is 2.59. The van der Waals surface area contributed by atoms with Gasteiger partial charge in [-0.1, -0.05) is 30.8 Å². The number of rotatable bonds is 2. The molecule has 1 aliphatic rings. The summed E-state index contributed by atoms with van der Waals surface area (Å²) < 4.78 is 0. The van der Waals surface area contributed by atoms with Crippen molar-refractivity contribution in [3.05, 3.63) is 29.8 Å². The van der Waals surface area contributed by atoms with Gasteiger partial charge in [0.15, 0.2) is 5.17 Å². The first-order valence-electron chi connectivity index (χ1n) is 5.68. The first kappa shape index (κ1) is 11.5. The second-order valence-corrected chi connectivity index (χ2v) is 5.51. The third-order valence-corrected chi connectivity index (χ3v) is 4.16. The number of aliphatic imine (C=N–C) groups is 1. The Morgan fingerprint density at radius 1 is 1.50 bits per heavy atom. The van der Waals surface area contributed by atoms with E-state index in [9.17, 15) is 0 Å². The molecule has 0 fully saturated rings. The molecule has 1 atom stereocenters. The smallest absolute Gasteiger partial charge is 0.161 e. The lowest BCUT2D eigenvalue weighted by Crippen LogP contribution is -2.20. The van der Waals surface area contributed by atoms with Crippen molar-refractivity contribution >= 4 is 22.6 Å². The Kier molecular flexibility index (Phi) is 3.24. The van der Waals surface area contributed by atoms with Crippen LogP contribution in [0.5, 0.6) is 0 Å². The van der Waals surface area contributed by atoms with Crippen LogP contribution in [0.2, 0.25) is 0 Å². The molecule has 16 heavy (non-hydrogen) atoms. The molecule has 0 bridgehead atoms. The number of amidine groups is 1. The van der Waals surface area contributed by atoms with Gasteiger partial charge in [-0.3, -0.25) is 4.99 Å². The van der Waals surface area contributed by atoms with Gasteiger partial charge in [0.1, 0.15) is 0 Å². The van der Waals surface area contributed by atoms with Gasteiger partial charge in [0.2, 0.25) is 0 Å². The van der Waals surface area contributed by atoms with Crippen molar-refractivity contribution in [3.8, 4) is 0 Å². The molecule has 0 aliphatic carbocycles. The van der Waals surface area contributed by atoms with Crippen molar-refractivity contribution < 1.29 is 0 Å². The Balaban J connectivity index is 2.09. The lowest BCUT2D eigenvalue weighted by molar-refractivity contribution is 0.523. The van der Waals surface area contributed by atoms with Crippen LogP contribution in [0.1, 0.15) is 25.8 Å². The van der Waals surface area contributed by atoms with Crippen molar-refractivity contribution in [2.45, 2.75) is 32.7 Å². The number of aryl methyl sites for hydroxylation is 1. The molecule has 3 heteroatoms. The number of nitrogens with one attached hydrogen (secondary N) is 1. The SMILES string of the molecule is CCC1(C)CSC(Nc2cccc(C)c2)=N1. The highest BCUT2D eigenvalue weighted by atomic mass is 32.2. The average molecular weight is 234 g/mol. The first-order valence-corrected chi connectivity index (χ1v) is 6.66. The van der Waals surface area contributed by atoms with Crippen LogP contribution in [0.3, 0.4) is 0 Å². The van der Waals surface area contributed by atoms with Gasteiger partial charge < -0.3 is 5.32 Å². The molecule has 0 spiro atoms. The zero-order valence-electron chi connectivity index (χ0n) is 10.1. The number of nitrogens with zero attached hydrogens (tertiary/aromatic N) is 1. The van der Waals surface area contributed by atoms with Crippen molar-refractivity contribution in [2.75, 3.05) is 11.1 Å². The zero-order chi connectivity index (χ0) is 11.6. The minimum absolute atomic E-state index is 0.122.